The molecule has 0 aliphatic heterocycles. The molecule has 0 radical (unpaired) electrons. The summed E-state index contributed by atoms with van der Waals surface area (Å²) < 4.78 is 0. The van der Waals surface area contributed by atoms with Crippen molar-refractivity contribution < 1.29 is 10.2 Å². The van der Waals surface area contributed by atoms with Gasteiger partial charge in [0.15, 0.2) is 0 Å². The summed E-state index contributed by atoms with van der Waals surface area (Å²) in [7, 11) is 0. The predicted octanol–water partition coefficient (Wildman–Crippen LogP) is 0.532. The van der Waals surface area contributed by atoms with Crippen molar-refractivity contribution in [2.45, 2.75) is 38.4 Å². The molecule has 0 aromatic rings. The minimum Gasteiger partial charge on any atom is -0.392 e. The van der Waals surface area contributed by atoms with Gasteiger partial charge in [0, 0.05) is 11.8 Å². The van der Waals surface area contributed by atoms with Crippen molar-refractivity contribution in [3.8, 4) is 12.3 Å². The number of aliphatic hydroxyl groups excluding tert-OH is 2. The van der Waals surface area contributed by atoms with E-state index in [1.807, 2.05) is 6.92 Å². The van der Waals surface area contributed by atoms with Crippen LogP contribution in [0.4, 0.5) is 0 Å². The van der Waals surface area contributed by atoms with E-state index >= 15 is 0 Å². The van der Waals surface area contributed by atoms with Gasteiger partial charge in [-0.25, -0.2) is 0 Å². The molecule has 0 spiro atoms. The molecular formula is C9H14O2. The molecule has 3 atom stereocenters. The fraction of sp³-hybridized carbons (Fsp3) is 0.778. The summed E-state index contributed by atoms with van der Waals surface area (Å²) in [5.41, 5.74) is -0.464. The van der Waals surface area contributed by atoms with E-state index in [2.05, 4.69) is 5.92 Å². The Kier molecular flexibility index (Phi) is 2.22. The first kappa shape index (κ1) is 8.58. The second kappa shape index (κ2) is 2.84. The molecule has 62 valence electrons. The SMILES string of the molecule is C#CCC1(C)[C@H](O)CC[C@@H]1O. The zero-order chi connectivity index (χ0) is 8.48. The van der Waals surface area contributed by atoms with Crippen LogP contribution >= 0.6 is 0 Å². The molecule has 0 amide bonds. The van der Waals surface area contributed by atoms with Crippen LogP contribution in [0.1, 0.15) is 26.2 Å². The molecule has 1 rings (SSSR count). The van der Waals surface area contributed by atoms with Gasteiger partial charge >= 0.3 is 0 Å². The molecule has 11 heavy (non-hydrogen) atoms. The minimum atomic E-state index is -0.464. The third kappa shape index (κ3) is 1.26. The van der Waals surface area contributed by atoms with E-state index in [0.29, 0.717) is 19.3 Å². The van der Waals surface area contributed by atoms with Crippen molar-refractivity contribution in [2.75, 3.05) is 0 Å². The minimum absolute atomic E-state index is 0.437. The number of hydrogen-bond donors (Lipinski definition) is 2. The highest BCUT2D eigenvalue weighted by atomic mass is 16.3. The summed E-state index contributed by atoms with van der Waals surface area (Å²) >= 11 is 0. The van der Waals surface area contributed by atoms with Crippen molar-refractivity contribution in [1.29, 1.82) is 0 Å². The first-order chi connectivity index (χ1) is 5.11. The van der Waals surface area contributed by atoms with Gasteiger partial charge in [0.25, 0.3) is 0 Å². The van der Waals surface area contributed by atoms with Crippen LogP contribution in [-0.2, 0) is 0 Å². The highest BCUT2D eigenvalue weighted by molar-refractivity contribution is 5.03. The predicted molar refractivity (Wildman–Crippen MR) is 42.8 cm³/mol. The molecule has 1 aliphatic carbocycles. The Balaban J connectivity index is 2.73. The Bertz CT molecular complexity index is 170. The second-order valence-electron chi connectivity index (χ2n) is 3.50. The maximum Gasteiger partial charge on any atom is 0.0628 e. The van der Waals surface area contributed by atoms with Crippen LogP contribution in [-0.4, -0.2) is 22.4 Å². The summed E-state index contributed by atoms with van der Waals surface area (Å²) in [5, 5.41) is 19.0. The molecule has 0 bridgehead atoms. The van der Waals surface area contributed by atoms with Crippen LogP contribution in [0.3, 0.4) is 0 Å². The van der Waals surface area contributed by atoms with Crippen LogP contribution < -0.4 is 0 Å². The van der Waals surface area contributed by atoms with Gasteiger partial charge in [0.1, 0.15) is 0 Å². The lowest BCUT2D eigenvalue weighted by Crippen LogP contribution is -2.35. The van der Waals surface area contributed by atoms with Crippen LogP contribution in [0, 0.1) is 17.8 Å². The molecule has 1 saturated carbocycles. The van der Waals surface area contributed by atoms with Crippen molar-refractivity contribution in [3.05, 3.63) is 0 Å². The average Bonchev–Trinajstić information content (AvgIpc) is 2.19. The summed E-state index contributed by atoms with van der Waals surface area (Å²) in [6.07, 6.45) is 6.06. The lowest BCUT2D eigenvalue weighted by atomic mass is 9.81. The van der Waals surface area contributed by atoms with E-state index in [0.717, 1.165) is 0 Å². The van der Waals surface area contributed by atoms with E-state index < -0.39 is 17.6 Å². The molecule has 2 nitrogen and oxygen atoms in total. The van der Waals surface area contributed by atoms with E-state index in [9.17, 15) is 10.2 Å². The Labute approximate surface area is 67.2 Å². The van der Waals surface area contributed by atoms with E-state index in [4.69, 9.17) is 6.42 Å². The average molecular weight is 154 g/mol. The lowest BCUT2D eigenvalue weighted by Gasteiger charge is -2.29. The molecule has 2 N–H and O–H groups in total. The Morgan fingerprint density at radius 2 is 1.91 bits per heavy atom. The Hall–Kier alpha value is -0.520. The zero-order valence-corrected chi connectivity index (χ0v) is 6.75. The van der Waals surface area contributed by atoms with Crippen LogP contribution in [0.2, 0.25) is 0 Å². The number of rotatable bonds is 1. The van der Waals surface area contributed by atoms with Crippen LogP contribution in [0.15, 0.2) is 0 Å². The smallest absolute Gasteiger partial charge is 0.0628 e. The van der Waals surface area contributed by atoms with Gasteiger partial charge in [-0.1, -0.05) is 6.92 Å². The Morgan fingerprint density at radius 1 is 1.45 bits per heavy atom. The first-order valence-corrected chi connectivity index (χ1v) is 3.91. The van der Waals surface area contributed by atoms with Gasteiger partial charge in [0.05, 0.1) is 12.2 Å². The van der Waals surface area contributed by atoms with Crippen LogP contribution in [0.25, 0.3) is 0 Å². The molecule has 1 unspecified atom stereocenters. The number of aliphatic hydroxyl groups is 2. The summed E-state index contributed by atoms with van der Waals surface area (Å²) in [5.74, 6) is 2.49. The molecule has 0 aromatic carbocycles. The van der Waals surface area contributed by atoms with Gasteiger partial charge in [-0.2, -0.15) is 0 Å². The second-order valence-corrected chi connectivity index (χ2v) is 3.50. The fourth-order valence-electron chi connectivity index (χ4n) is 1.65. The third-order valence-corrected chi connectivity index (χ3v) is 2.72. The normalized spacial score (nSPS) is 43.8. The van der Waals surface area contributed by atoms with Crippen molar-refractivity contribution in [1.82, 2.24) is 0 Å². The maximum absolute atomic E-state index is 9.49. The summed E-state index contributed by atoms with van der Waals surface area (Å²) in [6, 6.07) is 0. The standard InChI is InChI=1S/C9H14O2/c1-3-6-9(2)7(10)4-5-8(9)11/h1,7-8,10-11H,4-6H2,2H3/t7-,8+,9?. The maximum atomic E-state index is 9.49. The monoisotopic (exact) mass is 154 g/mol. The van der Waals surface area contributed by atoms with Crippen molar-refractivity contribution >= 4 is 0 Å². The van der Waals surface area contributed by atoms with Gasteiger partial charge in [-0.05, 0) is 12.8 Å². The largest absolute Gasteiger partial charge is 0.392 e. The molecule has 2 heteroatoms. The molecule has 0 heterocycles. The molecule has 1 fully saturated rings. The number of hydrogen-bond acceptors (Lipinski definition) is 2. The number of terminal acetylenes is 1. The lowest BCUT2D eigenvalue weighted by molar-refractivity contribution is -0.00676. The Morgan fingerprint density at radius 3 is 2.27 bits per heavy atom. The zero-order valence-electron chi connectivity index (χ0n) is 6.75. The molecular weight excluding hydrogens is 140 g/mol. The van der Waals surface area contributed by atoms with E-state index in [1.165, 1.54) is 0 Å². The summed E-state index contributed by atoms with van der Waals surface area (Å²) in [4.78, 5) is 0. The first-order valence-electron chi connectivity index (χ1n) is 3.91. The molecule has 0 saturated heterocycles. The third-order valence-electron chi connectivity index (χ3n) is 2.72. The van der Waals surface area contributed by atoms with Gasteiger partial charge in [0.2, 0.25) is 0 Å². The van der Waals surface area contributed by atoms with Crippen molar-refractivity contribution in [3.63, 3.8) is 0 Å². The van der Waals surface area contributed by atoms with E-state index in [1.54, 1.807) is 0 Å². The summed E-state index contributed by atoms with van der Waals surface area (Å²) in [6.45, 7) is 1.84. The topological polar surface area (TPSA) is 40.5 Å². The molecule has 0 aromatic heterocycles. The van der Waals surface area contributed by atoms with E-state index in [-0.39, 0.29) is 0 Å². The fourth-order valence-corrected chi connectivity index (χ4v) is 1.65. The molecule has 1 aliphatic rings. The quantitative estimate of drug-likeness (QED) is 0.541. The highest BCUT2D eigenvalue weighted by Gasteiger charge is 2.44. The highest BCUT2D eigenvalue weighted by Crippen LogP contribution is 2.40. The van der Waals surface area contributed by atoms with Gasteiger partial charge in [-0.15, -0.1) is 12.3 Å². The van der Waals surface area contributed by atoms with Gasteiger partial charge in [-0.3, -0.25) is 0 Å². The van der Waals surface area contributed by atoms with Gasteiger partial charge < -0.3 is 10.2 Å². The van der Waals surface area contributed by atoms with Crippen LogP contribution in [0.5, 0.6) is 0 Å². The van der Waals surface area contributed by atoms with Crippen molar-refractivity contribution in [2.24, 2.45) is 5.41 Å².